The second-order valence-electron chi connectivity index (χ2n) is 5.15. The van der Waals surface area contributed by atoms with Crippen molar-refractivity contribution in [3.05, 3.63) is 78.4 Å². The fraction of sp³-hybridized carbons (Fsp3) is 0.0526. The van der Waals surface area contributed by atoms with Crippen LogP contribution in [0.3, 0.4) is 0 Å². The highest BCUT2D eigenvalue weighted by Gasteiger charge is 2.04. The Labute approximate surface area is 123 Å². The molecule has 102 valence electrons. The predicted molar refractivity (Wildman–Crippen MR) is 86.6 cm³/mol. The van der Waals surface area contributed by atoms with E-state index in [1.54, 1.807) is 0 Å². The van der Waals surface area contributed by atoms with Gasteiger partial charge in [-0.2, -0.15) is 0 Å². The van der Waals surface area contributed by atoms with Gasteiger partial charge >= 0.3 is 0 Å². The van der Waals surface area contributed by atoms with Crippen LogP contribution in [-0.2, 0) is 6.61 Å². The van der Waals surface area contributed by atoms with Crippen LogP contribution in [0.4, 0.5) is 0 Å². The summed E-state index contributed by atoms with van der Waals surface area (Å²) < 4.78 is 5.93. The maximum absolute atomic E-state index is 5.93. The lowest BCUT2D eigenvalue weighted by Gasteiger charge is -2.07. The molecule has 0 fully saturated rings. The zero-order chi connectivity index (χ0) is 14.1. The van der Waals surface area contributed by atoms with E-state index in [4.69, 9.17) is 4.74 Å². The van der Waals surface area contributed by atoms with Gasteiger partial charge in [-0.25, -0.2) is 0 Å². The van der Waals surface area contributed by atoms with Crippen LogP contribution < -0.4 is 4.74 Å². The van der Waals surface area contributed by atoms with Crippen LogP contribution in [0.5, 0.6) is 5.88 Å². The summed E-state index contributed by atoms with van der Waals surface area (Å²) in [6.45, 7) is 0.564. The number of hydrogen-bond donors (Lipinski definition) is 1. The van der Waals surface area contributed by atoms with E-state index in [1.807, 2.05) is 18.2 Å². The van der Waals surface area contributed by atoms with Gasteiger partial charge in [-0.15, -0.1) is 0 Å². The number of para-hydroxylation sites is 1. The number of aromatic amines is 1. The molecule has 0 bridgehead atoms. The second kappa shape index (κ2) is 4.98. The third kappa shape index (κ3) is 2.25. The summed E-state index contributed by atoms with van der Waals surface area (Å²) in [7, 11) is 0. The van der Waals surface area contributed by atoms with Crippen LogP contribution >= 0.6 is 0 Å². The van der Waals surface area contributed by atoms with E-state index in [0.717, 1.165) is 11.4 Å². The highest BCUT2D eigenvalue weighted by atomic mass is 16.5. The van der Waals surface area contributed by atoms with E-state index < -0.39 is 0 Å². The first kappa shape index (κ1) is 12.0. The Morgan fingerprint density at radius 2 is 1.52 bits per heavy atom. The van der Waals surface area contributed by atoms with Crippen molar-refractivity contribution in [1.82, 2.24) is 4.98 Å². The van der Waals surface area contributed by atoms with Crippen molar-refractivity contribution in [2.75, 3.05) is 0 Å². The molecule has 1 N–H and O–H groups in total. The standard InChI is InChI=1S/C19H15NO/c1-3-10-17-14(6-1)8-5-9-16(17)13-21-19-12-15-7-2-4-11-18(15)20-19/h1-12,20H,13H2. The predicted octanol–water partition coefficient (Wildman–Crippen LogP) is 4.90. The fourth-order valence-corrected chi connectivity index (χ4v) is 2.70. The fourth-order valence-electron chi connectivity index (χ4n) is 2.70. The molecule has 2 nitrogen and oxygen atoms in total. The molecule has 0 saturated heterocycles. The molecule has 0 radical (unpaired) electrons. The number of ether oxygens (including phenoxy) is 1. The summed E-state index contributed by atoms with van der Waals surface area (Å²) in [5, 5.41) is 3.66. The lowest BCUT2D eigenvalue weighted by atomic mass is 10.1. The molecule has 0 spiro atoms. The number of nitrogens with one attached hydrogen (secondary N) is 1. The summed E-state index contributed by atoms with van der Waals surface area (Å²) >= 11 is 0. The maximum atomic E-state index is 5.93. The van der Waals surface area contributed by atoms with E-state index >= 15 is 0 Å². The summed E-state index contributed by atoms with van der Waals surface area (Å²) in [5.74, 6) is 0.809. The Morgan fingerprint density at radius 3 is 2.43 bits per heavy atom. The quantitative estimate of drug-likeness (QED) is 0.564. The molecule has 4 aromatic rings. The molecule has 0 aliphatic heterocycles. The topological polar surface area (TPSA) is 25.0 Å². The van der Waals surface area contributed by atoms with Crippen molar-refractivity contribution in [1.29, 1.82) is 0 Å². The number of hydrogen-bond acceptors (Lipinski definition) is 1. The molecule has 0 aliphatic carbocycles. The van der Waals surface area contributed by atoms with Crippen LogP contribution in [0.1, 0.15) is 5.56 Å². The van der Waals surface area contributed by atoms with E-state index in [0.29, 0.717) is 6.61 Å². The molecule has 4 rings (SSSR count). The molecule has 0 atom stereocenters. The van der Waals surface area contributed by atoms with Crippen molar-refractivity contribution in [3.63, 3.8) is 0 Å². The summed E-state index contributed by atoms with van der Waals surface area (Å²) in [6.07, 6.45) is 0. The van der Waals surface area contributed by atoms with Gasteiger partial charge in [0.05, 0.1) is 0 Å². The lowest BCUT2D eigenvalue weighted by molar-refractivity contribution is 0.298. The Balaban J connectivity index is 1.63. The normalized spacial score (nSPS) is 11.0. The van der Waals surface area contributed by atoms with Gasteiger partial charge in [0.2, 0.25) is 0 Å². The van der Waals surface area contributed by atoms with Gasteiger partial charge in [-0.05, 0) is 22.4 Å². The summed E-state index contributed by atoms with van der Waals surface area (Å²) in [4.78, 5) is 3.29. The van der Waals surface area contributed by atoms with Gasteiger partial charge in [-0.1, -0.05) is 60.7 Å². The summed E-state index contributed by atoms with van der Waals surface area (Å²) in [6, 6.07) is 24.9. The van der Waals surface area contributed by atoms with E-state index in [1.165, 1.54) is 21.7 Å². The van der Waals surface area contributed by atoms with Crippen molar-refractivity contribution in [2.24, 2.45) is 0 Å². The Bertz CT molecular complexity index is 869. The molecular formula is C19H15NO. The lowest BCUT2D eigenvalue weighted by Crippen LogP contribution is -1.96. The van der Waals surface area contributed by atoms with E-state index in [9.17, 15) is 0 Å². The highest BCUT2D eigenvalue weighted by Crippen LogP contribution is 2.23. The van der Waals surface area contributed by atoms with Gasteiger partial charge in [0, 0.05) is 17.0 Å². The first-order valence-electron chi connectivity index (χ1n) is 7.07. The number of fused-ring (bicyclic) bond motifs is 2. The monoisotopic (exact) mass is 273 g/mol. The van der Waals surface area contributed by atoms with Crippen LogP contribution in [0.15, 0.2) is 72.8 Å². The van der Waals surface area contributed by atoms with Gasteiger partial charge < -0.3 is 9.72 Å². The number of H-pyrrole nitrogens is 1. The molecule has 0 unspecified atom stereocenters. The first-order valence-corrected chi connectivity index (χ1v) is 7.07. The largest absolute Gasteiger partial charge is 0.474 e. The summed E-state index contributed by atoms with van der Waals surface area (Å²) in [5.41, 5.74) is 2.30. The van der Waals surface area contributed by atoms with Crippen molar-refractivity contribution in [2.45, 2.75) is 6.61 Å². The van der Waals surface area contributed by atoms with Crippen LogP contribution in [0.25, 0.3) is 21.7 Å². The minimum atomic E-state index is 0.564. The van der Waals surface area contributed by atoms with Crippen molar-refractivity contribution < 1.29 is 4.74 Å². The van der Waals surface area contributed by atoms with Gasteiger partial charge in [0.15, 0.2) is 5.88 Å². The van der Waals surface area contributed by atoms with Crippen molar-refractivity contribution >= 4 is 21.7 Å². The Kier molecular flexibility index (Phi) is 2.86. The third-order valence-electron chi connectivity index (χ3n) is 3.77. The van der Waals surface area contributed by atoms with Gasteiger partial charge in [-0.3, -0.25) is 0 Å². The second-order valence-corrected chi connectivity index (χ2v) is 5.15. The SMILES string of the molecule is c1ccc2[nH]c(OCc3cccc4ccccc34)cc2c1. The number of benzene rings is 3. The van der Waals surface area contributed by atoms with Gasteiger partial charge in [0.1, 0.15) is 6.61 Å². The van der Waals surface area contributed by atoms with E-state index in [2.05, 4.69) is 59.6 Å². The first-order chi connectivity index (χ1) is 10.4. The number of aromatic nitrogens is 1. The van der Waals surface area contributed by atoms with Crippen molar-refractivity contribution in [3.8, 4) is 5.88 Å². The average Bonchev–Trinajstić information content (AvgIpc) is 2.96. The minimum Gasteiger partial charge on any atom is -0.474 e. The molecule has 3 aromatic carbocycles. The third-order valence-corrected chi connectivity index (χ3v) is 3.77. The maximum Gasteiger partial charge on any atom is 0.192 e. The smallest absolute Gasteiger partial charge is 0.192 e. The molecule has 1 aromatic heterocycles. The molecule has 0 amide bonds. The van der Waals surface area contributed by atoms with Gasteiger partial charge in [0.25, 0.3) is 0 Å². The molecule has 21 heavy (non-hydrogen) atoms. The molecule has 0 saturated carbocycles. The number of rotatable bonds is 3. The van der Waals surface area contributed by atoms with Crippen LogP contribution in [-0.4, -0.2) is 4.98 Å². The minimum absolute atomic E-state index is 0.564. The zero-order valence-corrected chi connectivity index (χ0v) is 11.5. The van der Waals surface area contributed by atoms with E-state index in [-0.39, 0.29) is 0 Å². The molecule has 1 heterocycles. The molecule has 2 heteroatoms. The van der Waals surface area contributed by atoms with Crippen LogP contribution in [0, 0.1) is 0 Å². The molecule has 0 aliphatic rings. The zero-order valence-electron chi connectivity index (χ0n) is 11.5. The average molecular weight is 273 g/mol. The highest BCUT2D eigenvalue weighted by molar-refractivity contribution is 5.85. The van der Waals surface area contributed by atoms with Crippen LogP contribution in [0.2, 0.25) is 0 Å². The Morgan fingerprint density at radius 1 is 0.762 bits per heavy atom. The Hall–Kier alpha value is -2.74. The molecular weight excluding hydrogens is 258 g/mol.